The van der Waals surface area contributed by atoms with Gasteiger partial charge in [0, 0.05) is 21.1 Å². The van der Waals surface area contributed by atoms with Gasteiger partial charge in [0.05, 0.1) is 0 Å². The van der Waals surface area contributed by atoms with Crippen molar-refractivity contribution >= 4 is 37.8 Å². The number of carbonyl (C=O) groups excluding carboxylic acids is 1. The van der Waals surface area contributed by atoms with Gasteiger partial charge in [0.25, 0.3) is 5.91 Å². The van der Waals surface area contributed by atoms with E-state index in [-0.39, 0.29) is 11.7 Å². The molecule has 0 bridgehead atoms. The van der Waals surface area contributed by atoms with E-state index in [1.165, 1.54) is 6.07 Å². The molecule has 1 amide bonds. The molecule has 0 unspecified atom stereocenters. The summed E-state index contributed by atoms with van der Waals surface area (Å²) in [6, 6.07) is 11.9. The molecule has 20 heavy (non-hydrogen) atoms. The Morgan fingerprint density at radius 1 is 1.10 bits per heavy atom. The molecule has 0 spiro atoms. The van der Waals surface area contributed by atoms with Crippen molar-refractivity contribution in [2.24, 2.45) is 0 Å². The first-order valence-electron chi connectivity index (χ1n) is 6.04. The zero-order valence-electron chi connectivity index (χ0n) is 10.5. The normalized spacial score (nSPS) is 10.3. The minimum absolute atomic E-state index is 0.177. The molecule has 0 fully saturated rings. The standard InChI is InChI=1S/C15H12Br2FNO/c16-12-7-11(8-13(17)9-12)15(20)19-6-5-10-3-1-2-4-14(10)18/h1-4,7-9H,5-6H2,(H,19,20). The summed E-state index contributed by atoms with van der Waals surface area (Å²) in [5, 5.41) is 2.78. The highest BCUT2D eigenvalue weighted by molar-refractivity contribution is 9.11. The van der Waals surface area contributed by atoms with Gasteiger partial charge in [0.2, 0.25) is 0 Å². The van der Waals surface area contributed by atoms with Crippen molar-refractivity contribution in [3.8, 4) is 0 Å². The van der Waals surface area contributed by atoms with Crippen molar-refractivity contribution in [1.29, 1.82) is 0 Å². The van der Waals surface area contributed by atoms with Crippen LogP contribution in [0.15, 0.2) is 51.4 Å². The Morgan fingerprint density at radius 3 is 2.40 bits per heavy atom. The van der Waals surface area contributed by atoms with E-state index in [4.69, 9.17) is 0 Å². The van der Waals surface area contributed by atoms with Gasteiger partial charge in [-0.1, -0.05) is 50.1 Å². The SMILES string of the molecule is O=C(NCCc1ccccc1F)c1cc(Br)cc(Br)c1. The molecule has 0 heterocycles. The Morgan fingerprint density at radius 2 is 1.75 bits per heavy atom. The number of nitrogens with one attached hydrogen (secondary N) is 1. The molecule has 2 aromatic carbocycles. The molecule has 2 rings (SSSR count). The van der Waals surface area contributed by atoms with Gasteiger partial charge < -0.3 is 5.32 Å². The maximum absolute atomic E-state index is 13.4. The summed E-state index contributed by atoms with van der Waals surface area (Å²) in [5.74, 6) is -0.421. The van der Waals surface area contributed by atoms with Gasteiger partial charge in [-0.25, -0.2) is 4.39 Å². The molecule has 1 N–H and O–H groups in total. The van der Waals surface area contributed by atoms with E-state index in [1.807, 2.05) is 6.07 Å². The molecule has 2 nitrogen and oxygen atoms in total. The summed E-state index contributed by atoms with van der Waals surface area (Å²) < 4.78 is 15.1. The molecule has 0 radical (unpaired) electrons. The Labute approximate surface area is 133 Å². The molecule has 0 aromatic heterocycles. The first kappa shape index (κ1) is 15.2. The maximum Gasteiger partial charge on any atom is 0.251 e. The number of hydrogen-bond donors (Lipinski definition) is 1. The third-order valence-electron chi connectivity index (χ3n) is 2.76. The van der Waals surface area contributed by atoms with Gasteiger partial charge in [0.1, 0.15) is 5.82 Å². The van der Waals surface area contributed by atoms with Gasteiger partial charge >= 0.3 is 0 Å². The van der Waals surface area contributed by atoms with E-state index in [0.717, 1.165) is 8.95 Å². The molecule has 0 saturated carbocycles. The van der Waals surface area contributed by atoms with Crippen molar-refractivity contribution in [2.45, 2.75) is 6.42 Å². The quantitative estimate of drug-likeness (QED) is 0.813. The van der Waals surface area contributed by atoms with E-state index >= 15 is 0 Å². The van der Waals surface area contributed by atoms with Crippen LogP contribution in [0.4, 0.5) is 4.39 Å². The molecule has 2 aromatic rings. The molecule has 0 aliphatic rings. The van der Waals surface area contributed by atoms with E-state index in [1.54, 1.807) is 30.3 Å². The largest absolute Gasteiger partial charge is 0.352 e. The van der Waals surface area contributed by atoms with Crippen molar-refractivity contribution in [1.82, 2.24) is 5.32 Å². The van der Waals surface area contributed by atoms with Gasteiger partial charge in [0.15, 0.2) is 0 Å². The Balaban J connectivity index is 1.94. The fraction of sp³-hybridized carbons (Fsp3) is 0.133. The van der Waals surface area contributed by atoms with E-state index in [0.29, 0.717) is 24.1 Å². The Bertz CT molecular complexity index is 611. The minimum atomic E-state index is -0.244. The van der Waals surface area contributed by atoms with Crippen LogP contribution in [-0.2, 0) is 6.42 Å². The van der Waals surface area contributed by atoms with E-state index in [2.05, 4.69) is 37.2 Å². The molecule has 5 heteroatoms. The summed E-state index contributed by atoms with van der Waals surface area (Å²) in [4.78, 5) is 12.0. The molecule has 0 atom stereocenters. The van der Waals surface area contributed by atoms with Crippen LogP contribution in [0.2, 0.25) is 0 Å². The highest BCUT2D eigenvalue weighted by Crippen LogP contribution is 2.20. The van der Waals surface area contributed by atoms with Crippen LogP contribution in [0, 0.1) is 5.82 Å². The van der Waals surface area contributed by atoms with Crippen molar-refractivity contribution < 1.29 is 9.18 Å². The second-order valence-electron chi connectivity index (χ2n) is 4.26. The van der Waals surface area contributed by atoms with Crippen molar-refractivity contribution in [3.63, 3.8) is 0 Å². The van der Waals surface area contributed by atoms with Gasteiger partial charge in [-0.2, -0.15) is 0 Å². The van der Waals surface area contributed by atoms with Crippen LogP contribution in [-0.4, -0.2) is 12.5 Å². The van der Waals surface area contributed by atoms with Crippen LogP contribution in [0.3, 0.4) is 0 Å². The number of rotatable bonds is 4. The number of benzene rings is 2. The second kappa shape index (κ2) is 6.99. The van der Waals surface area contributed by atoms with Crippen molar-refractivity contribution in [3.05, 3.63) is 68.4 Å². The molecular weight excluding hydrogens is 389 g/mol. The predicted octanol–water partition coefficient (Wildman–Crippen LogP) is 4.32. The summed E-state index contributed by atoms with van der Waals surface area (Å²) in [5.41, 5.74) is 1.16. The van der Waals surface area contributed by atoms with Gasteiger partial charge in [-0.05, 0) is 36.2 Å². The highest BCUT2D eigenvalue weighted by atomic mass is 79.9. The summed E-state index contributed by atoms with van der Waals surface area (Å²) in [7, 11) is 0. The third kappa shape index (κ3) is 4.15. The average molecular weight is 401 g/mol. The first-order valence-corrected chi connectivity index (χ1v) is 7.62. The molecule has 0 aliphatic heterocycles. The molecule has 0 saturated heterocycles. The third-order valence-corrected chi connectivity index (χ3v) is 3.68. The zero-order valence-corrected chi connectivity index (χ0v) is 13.7. The average Bonchev–Trinajstić information content (AvgIpc) is 2.39. The van der Waals surface area contributed by atoms with Crippen LogP contribution in [0.1, 0.15) is 15.9 Å². The molecular formula is C15H12Br2FNO. The monoisotopic (exact) mass is 399 g/mol. The molecule has 0 aliphatic carbocycles. The second-order valence-corrected chi connectivity index (χ2v) is 6.09. The number of halogens is 3. The predicted molar refractivity (Wildman–Crippen MR) is 84.3 cm³/mol. The van der Waals surface area contributed by atoms with Crippen LogP contribution in [0.25, 0.3) is 0 Å². The fourth-order valence-corrected chi connectivity index (χ4v) is 3.09. The summed E-state index contributed by atoms with van der Waals surface area (Å²) >= 11 is 6.67. The van der Waals surface area contributed by atoms with Crippen LogP contribution in [0.5, 0.6) is 0 Å². The molecule has 104 valence electrons. The minimum Gasteiger partial charge on any atom is -0.352 e. The van der Waals surface area contributed by atoms with E-state index < -0.39 is 0 Å². The topological polar surface area (TPSA) is 29.1 Å². The fourth-order valence-electron chi connectivity index (χ4n) is 1.80. The Kier molecular flexibility index (Phi) is 5.31. The van der Waals surface area contributed by atoms with Crippen LogP contribution < -0.4 is 5.32 Å². The highest BCUT2D eigenvalue weighted by Gasteiger charge is 2.07. The maximum atomic E-state index is 13.4. The summed E-state index contributed by atoms with van der Waals surface area (Å²) in [6.45, 7) is 0.393. The Hall–Kier alpha value is -1.20. The van der Waals surface area contributed by atoms with Gasteiger partial charge in [-0.3, -0.25) is 4.79 Å². The first-order chi connectivity index (χ1) is 9.56. The zero-order chi connectivity index (χ0) is 14.5. The smallest absolute Gasteiger partial charge is 0.251 e. The van der Waals surface area contributed by atoms with Crippen molar-refractivity contribution in [2.75, 3.05) is 6.54 Å². The number of hydrogen-bond acceptors (Lipinski definition) is 1. The lowest BCUT2D eigenvalue weighted by atomic mass is 10.1. The number of amides is 1. The lowest BCUT2D eigenvalue weighted by molar-refractivity contribution is 0.0954. The van der Waals surface area contributed by atoms with Crippen LogP contribution >= 0.6 is 31.9 Å². The van der Waals surface area contributed by atoms with E-state index in [9.17, 15) is 9.18 Å². The van der Waals surface area contributed by atoms with Gasteiger partial charge in [-0.15, -0.1) is 0 Å². The summed E-state index contributed by atoms with van der Waals surface area (Å²) in [6.07, 6.45) is 0.466. The number of carbonyl (C=O) groups is 1. The lowest BCUT2D eigenvalue weighted by Crippen LogP contribution is -2.25. The lowest BCUT2D eigenvalue weighted by Gasteiger charge is -2.07.